The Morgan fingerprint density at radius 2 is 2.06 bits per heavy atom. The summed E-state index contributed by atoms with van der Waals surface area (Å²) in [4.78, 5) is 1.35. The van der Waals surface area contributed by atoms with E-state index in [1.165, 1.54) is 11.9 Å². The van der Waals surface area contributed by atoms with Gasteiger partial charge in [-0.15, -0.1) is 0 Å². The first-order valence-corrected chi connectivity index (χ1v) is 6.04. The standard InChI is InChI=1S/C13H17F3N2/c1-18(9-13(14,15)16)8-10-6-7-17-12-5-3-2-4-11(10)12/h2-5,10,17H,6-9H2,1H3. The molecule has 1 atom stereocenters. The molecule has 1 aliphatic rings. The minimum absolute atomic E-state index is 0.176. The van der Waals surface area contributed by atoms with E-state index in [4.69, 9.17) is 0 Å². The number of anilines is 1. The van der Waals surface area contributed by atoms with E-state index in [2.05, 4.69) is 5.32 Å². The van der Waals surface area contributed by atoms with Crippen LogP contribution in [0.4, 0.5) is 18.9 Å². The van der Waals surface area contributed by atoms with Gasteiger partial charge in [-0.1, -0.05) is 18.2 Å². The highest BCUT2D eigenvalue weighted by Crippen LogP contribution is 2.32. The number of alkyl halides is 3. The quantitative estimate of drug-likeness (QED) is 0.896. The van der Waals surface area contributed by atoms with E-state index in [0.29, 0.717) is 6.54 Å². The Morgan fingerprint density at radius 1 is 1.33 bits per heavy atom. The third-order valence-corrected chi connectivity index (χ3v) is 3.19. The minimum atomic E-state index is -4.12. The molecule has 100 valence electrons. The number of benzene rings is 1. The van der Waals surface area contributed by atoms with Crippen LogP contribution in [0.25, 0.3) is 0 Å². The van der Waals surface area contributed by atoms with Gasteiger partial charge >= 0.3 is 6.18 Å². The lowest BCUT2D eigenvalue weighted by Gasteiger charge is -2.30. The Bertz CT molecular complexity index is 403. The molecule has 0 spiro atoms. The molecule has 0 aliphatic carbocycles. The van der Waals surface area contributed by atoms with Gasteiger partial charge in [0.15, 0.2) is 0 Å². The lowest BCUT2D eigenvalue weighted by molar-refractivity contribution is -0.143. The van der Waals surface area contributed by atoms with Crippen LogP contribution >= 0.6 is 0 Å². The summed E-state index contributed by atoms with van der Waals surface area (Å²) in [5.74, 6) is 0.176. The van der Waals surface area contributed by atoms with Crippen LogP contribution in [0.3, 0.4) is 0 Å². The molecule has 0 aromatic heterocycles. The van der Waals surface area contributed by atoms with Gasteiger partial charge in [-0.25, -0.2) is 0 Å². The molecule has 0 bridgehead atoms. The van der Waals surface area contributed by atoms with Crippen molar-refractivity contribution in [2.24, 2.45) is 0 Å². The van der Waals surface area contributed by atoms with Gasteiger partial charge in [0.05, 0.1) is 6.54 Å². The predicted octanol–water partition coefficient (Wildman–Crippen LogP) is 3.08. The molecular weight excluding hydrogens is 241 g/mol. The molecule has 1 aromatic rings. The second-order valence-electron chi connectivity index (χ2n) is 4.81. The van der Waals surface area contributed by atoms with Crippen LogP contribution in [0, 0.1) is 0 Å². The van der Waals surface area contributed by atoms with Crippen LogP contribution in [0.2, 0.25) is 0 Å². The van der Waals surface area contributed by atoms with E-state index < -0.39 is 12.7 Å². The van der Waals surface area contributed by atoms with Gasteiger partial charge in [-0.3, -0.25) is 4.90 Å². The van der Waals surface area contributed by atoms with E-state index >= 15 is 0 Å². The Hall–Kier alpha value is -1.23. The summed E-state index contributed by atoms with van der Waals surface area (Å²) in [6, 6.07) is 7.84. The number of rotatable bonds is 3. The van der Waals surface area contributed by atoms with E-state index in [1.807, 2.05) is 24.3 Å². The Balaban J connectivity index is 2.03. The fraction of sp³-hybridized carbons (Fsp3) is 0.538. The Morgan fingerprint density at radius 3 is 2.78 bits per heavy atom. The highest BCUT2D eigenvalue weighted by molar-refractivity contribution is 5.54. The fourth-order valence-corrected chi connectivity index (χ4v) is 2.49. The molecule has 0 radical (unpaired) electrons. The average Bonchev–Trinajstić information content (AvgIpc) is 2.27. The molecule has 1 N–H and O–H groups in total. The van der Waals surface area contributed by atoms with Crippen molar-refractivity contribution in [3.63, 3.8) is 0 Å². The van der Waals surface area contributed by atoms with Crippen LogP contribution in [0.5, 0.6) is 0 Å². The molecule has 1 aliphatic heterocycles. The molecule has 0 saturated carbocycles. The zero-order valence-corrected chi connectivity index (χ0v) is 10.3. The zero-order valence-electron chi connectivity index (χ0n) is 10.3. The summed E-state index contributed by atoms with van der Waals surface area (Å²) >= 11 is 0. The predicted molar refractivity (Wildman–Crippen MR) is 65.8 cm³/mol. The number of halogens is 3. The number of hydrogen-bond donors (Lipinski definition) is 1. The SMILES string of the molecule is CN(CC1CCNc2ccccc21)CC(F)(F)F. The molecule has 0 fully saturated rings. The van der Waals surface area contributed by atoms with Gasteiger partial charge in [-0.2, -0.15) is 13.2 Å². The summed E-state index contributed by atoms with van der Waals surface area (Å²) in [7, 11) is 1.53. The summed E-state index contributed by atoms with van der Waals surface area (Å²) in [6.07, 6.45) is -3.25. The molecular formula is C13H17F3N2. The monoisotopic (exact) mass is 258 g/mol. The van der Waals surface area contributed by atoms with Crippen molar-refractivity contribution in [3.8, 4) is 0 Å². The number of hydrogen-bond acceptors (Lipinski definition) is 2. The van der Waals surface area contributed by atoms with Crippen molar-refractivity contribution in [1.82, 2.24) is 4.90 Å². The van der Waals surface area contributed by atoms with Crippen LogP contribution in [0.1, 0.15) is 17.9 Å². The van der Waals surface area contributed by atoms with Crippen LogP contribution < -0.4 is 5.32 Å². The number of fused-ring (bicyclic) bond motifs is 1. The van der Waals surface area contributed by atoms with E-state index in [1.54, 1.807) is 0 Å². The molecule has 0 amide bonds. The maximum Gasteiger partial charge on any atom is 0.401 e. The van der Waals surface area contributed by atoms with Crippen LogP contribution in [-0.2, 0) is 0 Å². The molecule has 0 saturated heterocycles. The van der Waals surface area contributed by atoms with Gasteiger partial charge < -0.3 is 5.32 Å². The average molecular weight is 258 g/mol. The van der Waals surface area contributed by atoms with Crippen LogP contribution in [0.15, 0.2) is 24.3 Å². The highest BCUT2D eigenvalue weighted by Gasteiger charge is 2.30. The largest absolute Gasteiger partial charge is 0.401 e. The highest BCUT2D eigenvalue weighted by atomic mass is 19.4. The van der Waals surface area contributed by atoms with E-state index in [-0.39, 0.29) is 5.92 Å². The maximum atomic E-state index is 12.3. The molecule has 2 rings (SSSR count). The first-order valence-electron chi connectivity index (χ1n) is 6.04. The number of nitrogens with zero attached hydrogens (tertiary/aromatic N) is 1. The lowest BCUT2D eigenvalue weighted by atomic mass is 9.90. The molecule has 18 heavy (non-hydrogen) atoms. The van der Waals surface area contributed by atoms with Crippen molar-refractivity contribution in [3.05, 3.63) is 29.8 Å². The molecule has 1 heterocycles. The molecule has 5 heteroatoms. The Labute approximate surface area is 105 Å². The second kappa shape index (κ2) is 5.18. The van der Waals surface area contributed by atoms with Gasteiger partial charge in [0.1, 0.15) is 0 Å². The van der Waals surface area contributed by atoms with Gasteiger partial charge in [-0.05, 0) is 25.1 Å². The van der Waals surface area contributed by atoms with Crippen molar-refractivity contribution >= 4 is 5.69 Å². The number of likely N-dealkylation sites (N-methyl/N-ethyl adjacent to an activating group) is 1. The third-order valence-electron chi connectivity index (χ3n) is 3.19. The lowest BCUT2D eigenvalue weighted by Crippen LogP contribution is -2.35. The third kappa shape index (κ3) is 3.38. The summed E-state index contributed by atoms with van der Waals surface area (Å²) in [5.41, 5.74) is 2.17. The van der Waals surface area contributed by atoms with Crippen molar-refractivity contribution in [1.29, 1.82) is 0 Å². The molecule has 2 nitrogen and oxygen atoms in total. The molecule has 1 unspecified atom stereocenters. The topological polar surface area (TPSA) is 15.3 Å². The summed E-state index contributed by atoms with van der Waals surface area (Å²) in [5, 5.41) is 3.27. The van der Waals surface area contributed by atoms with E-state index in [0.717, 1.165) is 24.2 Å². The fourth-order valence-electron chi connectivity index (χ4n) is 2.49. The van der Waals surface area contributed by atoms with E-state index in [9.17, 15) is 13.2 Å². The second-order valence-corrected chi connectivity index (χ2v) is 4.81. The zero-order chi connectivity index (χ0) is 13.2. The minimum Gasteiger partial charge on any atom is -0.385 e. The van der Waals surface area contributed by atoms with Gasteiger partial charge in [0.25, 0.3) is 0 Å². The maximum absolute atomic E-state index is 12.3. The van der Waals surface area contributed by atoms with Gasteiger partial charge in [0.2, 0.25) is 0 Å². The van der Waals surface area contributed by atoms with Crippen molar-refractivity contribution in [2.75, 3.05) is 32.0 Å². The first kappa shape index (κ1) is 13.2. The molecule has 1 aromatic carbocycles. The first-order chi connectivity index (χ1) is 8.46. The summed E-state index contributed by atoms with van der Waals surface area (Å²) < 4.78 is 36.9. The normalized spacial score (nSPS) is 19.5. The Kier molecular flexibility index (Phi) is 3.80. The smallest absolute Gasteiger partial charge is 0.385 e. The number of para-hydroxylation sites is 1. The summed E-state index contributed by atoms with van der Waals surface area (Å²) in [6.45, 7) is 0.416. The van der Waals surface area contributed by atoms with Crippen molar-refractivity contribution < 1.29 is 13.2 Å². The number of nitrogens with one attached hydrogen (secondary N) is 1. The van der Waals surface area contributed by atoms with Crippen molar-refractivity contribution in [2.45, 2.75) is 18.5 Å². The van der Waals surface area contributed by atoms with Gasteiger partial charge in [0, 0.05) is 24.7 Å². The van der Waals surface area contributed by atoms with Crippen LogP contribution in [-0.4, -0.2) is 37.8 Å².